The van der Waals surface area contributed by atoms with Gasteiger partial charge in [0.1, 0.15) is 17.3 Å². The van der Waals surface area contributed by atoms with Crippen LogP contribution in [0.15, 0.2) is 12.7 Å². The fraction of sp³-hybridized carbons (Fsp3) is 0.667. The number of Topliss-reactive ketones (excluding diaryl/α,β-unsaturated/α-hetero) is 1. The largest absolute Gasteiger partial charge is 0.459 e. The molecule has 1 unspecified atom stereocenters. The summed E-state index contributed by atoms with van der Waals surface area (Å²) in [5, 5.41) is 0. The van der Waals surface area contributed by atoms with Crippen molar-refractivity contribution in [2.45, 2.75) is 46.1 Å². The van der Waals surface area contributed by atoms with E-state index in [1.54, 1.807) is 26.8 Å². The number of hydrogen-bond donors (Lipinski definition) is 0. The monoisotopic (exact) mass is 212 g/mol. The summed E-state index contributed by atoms with van der Waals surface area (Å²) in [5.74, 6) is -1.23. The van der Waals surface area contributed by atoms with Gasteiger partial charge in [0.2, 0.25) is 0 Å². The molecule has 0 bridgehead atoms. The molecule has 86 valence electrons. The quantitative estimate of drug-likeness (QED) is 0.399. The maximum atomic E-state index is 11.6. The second-order valence-electron chi connectivity index (χ2n) is 4.56. The van der Waals surface area contributed by atoms with Crippen molar-refractivity contribution < 1.29 is 14.3 Å². The van der Waals surface area contributed by atoms with Crippen molar-refractivity contribution >= 4 is 11.8 Å². The van der Waals surface area contributed by atoms with Gasteiger partial charge in [-0.1, -0.05) is 6.08 Å². The van der Waals surface area contributed by atoms with Gasteiger partial charge in [-0.25, -0.2) is 0 Å². The van der Waals surface area contributed by atoms with Crippen molar-refractivity contribution in [2.24, 2.45) is 5.92 Å². The summed E-state index contributed by atoms with van der Waals surface area (Å²) in [6, 6.07) is 0. The lowest BCUT2D eigenvalue weighted by Gasteiger charge is -2.22. The zero-order valence-electron chi connectivity index (χ0n) is 10.0. The third-order valence-electron chi connectivity index (χ3n) is 1.84. The van der Waals surface area contributed by atoms with Crippen molar-refractivity contribution in [3.8, 4) is 0 Å². The van der Waals surface area contributed by atoms with Crippen LogP contribution < -0.4 is 0 Å². The smallest absolute Gasteiger partial charge is 0.316 e. The fourth-order valence-electron chi connectivity index (χ4n) is 1.14. The van der Waals surface area contributed by atoms with Gasteiger partial charge in [0.15, 0.2) is 0 Å². The van der Waals surface area contributed by atoms with Gasteiger partial charge in [-0.2, -0.15) is 0 Å². The highest BCUT2D eigenvalue weighted by Crippen LogP contribution is 2.16. The maximum absolute atomic E-state index is 11.6. The molecule has 3 heteroatoms. The van der Waals surface area contributed by atoms with Gasteiger partial charge >= 0.3 is 5.97 Å². The summed E-state index contributed by atoms with van der Waals surface area (Å²) in [6.07, 6.45) is 2.82. The van der Waals surface area contributed by atoms with E-state index in [-0.39, 0.29) is 5.78 Å². The van der Waals surface area contributed by atoms with Crippen molar-refractivity contribution in [1.29, 1.82) is 0 Å². The summed E-state index contributed by atoms with van der Waals surface area (Å²) in [4.78, 5) is 22.9. The predicted octanol–water partition coefficient (Wildman–Crippen LogP) is 2.50. The Kier molecular flexibility index (Phi) is 5.26. The molecule has 0 fully saturated rings. The third kappa shape index (κ3) is 6.05. The van der Waals surface area contributed by atoms with E-state index >= 15 is 0 Å². The number of rotatable bonds is 5. The number of ketones is 1. The minimum Gasteiger partial charge on any atom is -0.459 e. The van der Waals surface area contributed by atoms with Gasteiger partial charge in [0.25, 0.3) is 0 Å². The van der Waals surface area contributed by atoms with Crippen molar-refractivity contribution in [3.63, 3.8) is 0 Å². The van der Waals surface area contributed by atoms with Gasteiger partial charge in [-0.15, -0.1) is 6.58 Å². The van der Waals surface area contributed by atoms with Gasteiger partial charge in [0.05, 0.1) is 0 Å². The molecule has 0 radical (unpaired) electrons. The Hall–Kier alpha value is -1.12. The van der Waals surface area contributed by atoms with Crippen LogP contribution in [-0.4, -0.2) is 17.4 Å². The van der Waals surface area contributed by atoms with Crippen molar-refractivity contribution in [2.75, 3.05) is 0 Å². The van der Waals surface area contributed by atoms with Crippen LogP contribution in [0.4, 0.5) is 0 Å². The lowest BCUT2D eigenvalue weighted by molar-refractivity contribution is -0.162. The maximum Gasteiger partial charge on any atom is 0.316 e. The Balaban J connectivity index is 4.42. The van der Waals surface area contributed by atoms with E-state index in [0.29, 0.717) is 12.8 Å². The molecule has 0 aliphatic carbocycles. The number of allylic oxidation sites excluding steroid dienone is 1. The Morgan fingerprint density at radius 2 is 1.93 bits per heavy atom. The van der Waals surface area contributed by atoms with E-state index in [2.05, 4.69) is 6.58 Å². The molecule has 3 nitrogen and oxygen atoms in total. The summed E-state index contributed by atoms with van der Waals surface area (Å²) >= 11 is 0. The average Bonchev–Trinajstić information content (AvgIpc) is 2.00. The molecule has 0 saturated heterocycles. The van der Waals surface area contributed by atoms with Gasteiger partial charge in [-0.05, 0) is 40.5 Å². The summed E-state index contributed by atoms with van der Waals surface area (Å²) in [5.41, 5.74) is -0.543. The summed E-state index contributed by atoms with van der Waals surface area (Å²) in [7, 11) is 0. The van der Waals surface area contributed by atoms with E-state index in [0.717, 1.165) is 0 Å². The molecule has 0 N–H and O–H groups in total. The Morgan fingerprint density at radius 1 is 1.40 bits per heavy atom. The normalized spacial score (nSPS) is 13.1. The average molecular weight is 212 g/mol. The molecular formula is C12H20O3. The Morgan fingerprint density at radius 3 is 2.27 bits per heavy atom. The molecule has 0 aliphatic rings. The molecule has 0 aliphatic heterocycles. The molecule has 0 heterocycles. The van der Waals surface area contributed by atoms with E-state index in [1.165, 1.54) is 6.92 Å². The molecule has 0 amide bonds. The highest BCUT2D eigenvalue weighted by atomic mass is 16.6. The van der Waals surface area contributed by atoms with Crippen LogP contribution in [0.5, 0.6) is 0 Å². The van der Waals surface area contributed by atoms with Crippen LogP contribution in [0.25, 0.3) is 0 Å². The molecular weight excluding hydrogens is 192 g/mol. The SMILES string of the molecule is C=CCCC(C(C)=O)C(=O)OC(C)(C)C. The minimum atomic E-state index is -0.651. The number of esters is 1. The van der Waals surface area contributed by atoms with E-state index in [1.807, 2.05) is 0 Å². The number of hydrogen-bond acceptors (Lipinski definition) is 3. The Bertz CT molecular complexity index is 248. The molecule has 1 atom stereocenters. The number of ether oxygens (including phenoxy) is 1. The highest BCUT2D eigenvalue weighted by Gasteiger charge is 2.27. The van der Waals surface area contributed by atoms with Crippen LogP contribution in [0.2, 0.25) is 0 Å². The molecule has 0 saturated carbocycles. The first kappa shape index (κ1) is 13.9. The lowest BCUT2D eigenvalue weighted by atomic mass is 9.99. The first-order valence-electron chi connectivity index (χ1n) is 5.12. The first-order chi connectivity index (χ1) is 6.78. The summed E-state index contributed by atoms with van der Waals surface area (Å²) in [6.45, 7) is 10.3. The van der Waals surface area contributed by atoms with Crippen LogP contribution in [0.3, 0.4) is 0 Å². The standard InChI is InChI=1S/C12H20O3/c1-6-7-8-10(9(2)13)11(14)15-12(3,4)5/h6,10H,1,7-8H2,2-5H3. The zero-order valence-corrected chi connectivity index (χ0v) is 10.0. The molecule has 0 rings (SSSR count). The predicted molar refractivity (Wildman–Crippen MR) is 59.4 cm³/mol. The number of carbonyl (C=O) groups is 2. The van der Waals surface area contributed by atoms with E-state index in [9.17, 15) is 9.59 Å². The molecule has 0 spiro atoms. The lowest BCUT2D eigenvalue weighted by Crippen LogP contribution is -2.31. The van der Waals surface area contributed by atoms with Gasteiger partial charge in [0, 0.05) is 0 Å². The topological polar surface area (TPSA) is 43.4 Å². The zero-order chi connectivity index (χ0) is 12.1. The van der Waals surface area contributed by atoms with Gasteiger partial charge in [-0.3, -0.25) is 9.59 Å². The second kappa shape index (κ2) is 5.69. The fourth-order valence-corrected chi connectivity index (χ4v) is 1.14. The van der Waals surface area contributed by atoms with Crippen LogP contribution in [-0.2, 0) is 14.3 Å². The van der Waals surface area contributed by atoms with Crippen molar-refractivity contribution in [3.05, 3.63) is 12.7 Å². The highest BCUT2D eigenvalue weighted by molar-refractivity contribution is 5.97. The minimum absolute atomic E-state index is 0.147. The van der Waals surface area contributed by atoms with Crippen molar-refractivity contribution in [1.82, 2.24) is 0 Å². The second-order valence-corrected chi connectivity index (χ2v) is 4.56. The van der Waals surface area contributed by atoms with Crippen LogP contribution >= 0.6 is 0 Å². The molecule has 0 aromatic carbocycles. The number of carbonyl (C=O) groups excluding carboxylic acids is 2. The van der Waals surface area contributed by atoms with Gasteiger partial charge < -0.3 is 4.74 Å². The van der Waals surface area contributed by atoms with E-state index < -0.39 is 17.5 Å². The molecule has 15 heavy (non-hydrogen) atoms. The summed E-state index contributed by atoms with van der Waals surface area (Å²) < 4.78 is 5.16. The molecule has 0 aromatic heterocycles. The Labute approximate surface area is 91.5 Å². The van der Waals surface area contributed by atoms with Crippen LogP contribution in [0, 0.1) is 5.92 Å². The van der Waals surface area contributed by atoms with Crippen LogP contribution in [0.1, 0.15) is 40.5 Å². The first-order valence-corrected chi connectivity index (χ1v) is 5.12. The van der Waals surface area contributed by atoms with E-state index in [4.69, 9.17) is 4.74 Å². The molecule has 0 aromatic rings. The third-order valence-corrected chi connectivity index (χ3v) is 1.84.